The predicted molar refractivity (Wildman–Crippen MR) is 184 cm³/mol. The van der Waals surface area contributed by atoms with Crippen molar-refractivity contribution in [3.63, 3.8) is 0 Å². The number of hydrogen-bond donors (Lipinski definition) is 1. The first-order chi connectivity index (χ1) is 23.5. The molecule has 1 aromatic heterocycles. The van der Waals surface area contributed by atoms with E-state index in [1.165, 1.54) is 50.5 Å². The SMILES string of the molecule is C=C(C)c1cccc(C(C)(C)NC(=O)OCCCCCC[n+]2cccc(CCCCCCCC)c2)c1.O=S(=O)([N-]S(=O)(=O)C(F)(F)F)C(F)(F)F. The highest BCUT2D eigenvalue weighted by atomic mass is 32.3. The van der Waals surface area contributed by atoms with Crippen molar-refractivity contribution in [2.24, 2.45) is 0 Å². The highest BCUT2D eigenvalue weighted by Gasteiger charge is 2.47. The van der Waals surface area contributed by atoms with Crippen molar-refractivity contribution >= 4 is 31.7 Å². The third-order valence-corrected chi connectivity index (χ3v) is 10.3. The van der Waals surface area contributed by atoms with Crippen LogP contribution >= 0.6 is 0 Å². The van der Waals surface area contributed by atoms with Gasteiger partial charge >= 0.3 is 17.1 Å². The molecule has 0 saturated heterocycles. The van der Waals surface area contributed by atoms with Gasteiger partial charge in [-0.2, -0.15) is 26.3 Å². The molecule has 0 unspecified atom stereocenters. The van der Waals surface area contributed by atoms with Crippen molar-refractivity contribution in [3.8, 4) is 0 Å². The van der Waals surface area contributed by atoms with E-state index in [1.807, 2.05) is 39.0 Å². The standard InChI is InChI=1S/C32H48N2O2.C2F6NO4S2/c1-6-7-8-9-10-13-18-28-19-17-23-34(26-28)22-14-11-12-15-24-36-31(35)33-32(4,5)30-21-16-20-29(25-30)27(2)3;3-1(4,5)14(10,11)9-15(12,13)2(6,7)8/h16-17,19-21,23,25-26H,2,6-15,18,22,24H2,1,3-5H3;/q;-1/p+1. The molecule has 0 aliphatic carbocycles. The second-order valence-electron chi connectivity index (χ2n) is 12.5. The number of aromatic nitrogens is 1. The molecule has 1 aromatic carbocycles. The number of rotatable bonds is 19. The zero-order valence-electron chi connectivity index (χ0n) is 29.4. The maximum absolute atomic E-state index is 12.3. The third kappa shape index (κ3) is 17.3. The van der Waals surface area contributed by atoms with Crippen LogP contribution in [0.3, 0.4) is 0 Å². The first-order valence-electron chi connectivity index (χ1n) is 16.6. The fraction of sp³-hybridized carbons (Fsp3) is 0.588. The number of amides is 1. The first-order valence-corrected chi connectivity index (χ1v) is 19.5. The van der Waals surface area contributed by atoms with Gasteiger partial charge in [0.25, 0.3) is 0 Å². The van der Waals surface area contributed by atoms with Gasteiger partial charge in [-0.1, -0.05) is 69.4 Å². The van der Waals surface area contributed by atoms with Gasteiger partial charge in [0.1, 0.15) is 6.54 Å². The number of alkyl halides is 6. The molecule has 1 N–H and O–H groups in total. The van der Waals surface area contributed by atoms with Gasteiger partial charge < -0.3 is 14.2 Å². The van der Waals surface area contributed by atoms with Crippen LogP contribution in [0.2, 0.25) is 0 Å². The van der Waals surface area contributed by atoms with E-state index in [1.54, 1.807) is 0 Å². The van der Waals surface area contributed by atoms with Crippen LogP contribution < -0.4 is 9.88 Å². The minimum Gasteiger partial charge on any atom is -0.450 e. The number of hydrogen-bond acceptors (Lipinski definition) is 6. The number of alkyl carbamates (subject to hydrolysis) is 1. The van der Waals surface area contributed by atoms with Gasteiger partial charge in [0.2, 0.25) is 0 Å². The van der Waals surface area contributed by atoms with Crippen molar-refractivity contribution in [1.82, 2.24) is 5.32 Å². The average Bonchev–Trinajstić information content (AvgIpc) is 3.01. The Balaban J connectivity index is 0.000000728. The number of sulfonamides is 2. The van der Waals surface area contributed by atoms with E-state index in [-0.39, 0.29) is 6.09 Å². The van der Waals surface area contributed by atoms with E-state index < -0.39 is 36.6 Å². The maximum Gasteiger partial charge on any atom is 0.480 e. The number of nitrogens with one attached hydrogen (secondary N) is 1. The molecule has 0 bridgehead atoms. The zero-order valence-corrected chi connectivity index (χ0v) is 31.1. The second-order valence-corrected chi connectivity index (χ2v) is 16.0. The lowest BCUT2D eigenvalue weighted by Gasteiger charge is -2.27. The van der Waals surface area contributed by atoms with Crippen LogP contribution in [-0.4, -0.2) is 40.6 Å². The Hall–Kier alpha value is -3.18. The molecule has 1 heterocycles. The summed E-state index contributed by atoms with van der Waals surface area (Å²) in [5, 5.41) is 3.00. The van der Waals surface area contributed by atoms with Crippen molar-refractivity contribution < 1.29 is 57.3 Å². The van der Waals surface area contributed by atoms with Gasteiger partial charge in [-0.05, 0) is 76.1 Å². The van der Waals surface area contributed by atoms with E-state index >= 15 is 0 Å². The second kappa shape index (κ2) is 20.8. The van der Waals surface area contributed by atoms with Crippen LogP contribution in [0.4, 0.5) is 31.1 Å². The van der Waals surface area contributed by atoms with Gasteiger partial charge in [-0.15, -0.1) is 0 Å². The Morgan fingerprint density at radius 1 is 0.843 bits per heavy atom. The minimum atomic E-state index is -6.72. The number of benzene rings is 1. The molecule has 0 aliphatic rings. The lowest BCUT2D eigenvalue weighted by Crippen LogP contribution is -2.41. The first kappa shape index (κ1) is 45.8. The molecule has 290 valence electrons. The molecular weight excluding hydrogens is 725 g/mol. The van der Waals surface area contributed by atoms with E-state index in [0.29, 0.717) is 6.61 Å². The van der Waals surface area contributed by atoms with Crippen molar-refractivity contribution in [3.05, 3.63) is 76.2 Å². The topological polar surface area (TPSA) is 125 Å². The number of pyridine rings is 1. The lowest BCUT2D eigenvalue weighted by molar-refractivity contribution is -0.697. The van der Waals surface area contributed by atoms with Crippen molar-refractivity contribution in [1.29, 1.82) is 0 Å². The molecule has 1 amide bonds. The Kier molecular flexibility index (Phi) is 18.7. The van der Waals surface area contributed by atoms with E-state index in [4.69, 9.17) is 4.74 Å². The summed E-state index contributed by atoms with van der Waals surface area (Å²) >= 11 is 0. The number of carbonyl (C=O) groups is 1. The normalized spacial score (nSPS) is 12.5. The molecule has 0 atom stereocenters. The highest BCUT2D eigenvalue weighted by Crippen LogP contribution is 2.36. The van der Waals surface area contributed by atoms with Crippen LogP contribution in [0, 0.1) is 0 Å². The molecule has 17 heteroatoms. The number of nitrogens with zero attached hydrogens (tertiary/aromatic N) is 2. The Morgan fingerprint density at radius 2 is 1.41 bits per heavy atom. The fourth-order valence-electron chi connectivity index (χ4n) is 4.64. The van der Waals surface area contributed by atoms with E-state index in [9.17, 15) is 48.0 Å². The molecule has 0 saturated carbocycles. The molecule has 51 heavy (non-hydrogen) atoms. The van der Waals surface area contributed by atoms with Crippen LogP contribution in [0.5, 0.6) is 0 Å². The summed E-state index contributed by atoms with van der Waals surface area (Å²) in [4.78, 5) is 12.3. The number of aryl methyl sites for hydroxylation is 2. The van der Waals surface area contributed by atoms with Gasteiger partial charge in [0, 0.05) is 18.1 Å². The Labute approximate surface area is 298 Å². The summed E-state index contributed by atoms with van der Waals surface area (Å²) in [6.45, 7) is 13.7. The number of unbranched alkanes of at least 4 members (excludes halogenated alkanes) is 8. The molecule has 0 radical (unpaired) electrons. The smallest absolute Gasteiger partial charge is 0.450 e. The number of allylic oxidation sites excluding steroid dienone is 1. The van der Waals surface area contributed by atoms with E-state index in [2.05, 4.69) is 54.0 Å². The quantitative estimate of drug-likeness (QED) is 0.0863. The van der Waals surface area contributed by atoms with Gasteiger partial charge in [-0.3, -0.25) is 0 Å². The molecule has 2 rings (SSSR count). The summed E-state index contributed by atoms with van der Waals surface area (Å²) in [6.07, 6.45) is 17.6. The summed E-state index contributed by atoms with van der Waals surface area (Å²) in [7, 11) is -13.4. The van der Waals surface area contributed by atoms with Crippen LogP contribution in [0.1, 0.15) is 109 Å². The highest BCUT2D eigenvalue weighted by molar-refractivity contribution is 8.13. The molecular formula is C34H49F6N3O6S2. The Morgan fingerprint density at radius 3 is 2.00 bits per heavy atom. The van der Waals surface area contributed by atoms with Crippen LogP contribution in [-0.2, 0) is 43.3 Å². The predicted octanol–water partition coefficient (Wildman–Crippen LogP) is 9.19. The lowest BCUT2D eigenvalue weighted by atomic mass is 9.92. The van der Waals surface area contributed by atoms with Gasteiger partial charge in [0.05, 0.1) is 12.1 Å². The fourth-order valence-corrected chi connectivity index (χ4v) is 6.35. The number of halogens is 6. The van der Waals surface area contributed by atoms with Crippen molar-refractivity contribution in [2.45, 2.75) is 121 Å². The maximum atomic E-state index is 12.3. The number of carbonyl (C=O) groups excluding carboxylic acids is 1. The summed E-state index contributed by atoms with van der Waals surface area (Å²) < 4.78 is 117. The van der Waals surface area contributed by atoms with Crippen LogP contribution in [0.25, 0.3) is 9.70 Å². The van der Waals surface area contributed by atoms with Crippen molar-refractivity contribution in [2.75, 3.05) is 6.61 Å². The summed E-state index contributed by atoms with van der Waals surface area (Å²) in [6, 6.07) is 12.6. The van der Waals surface area contributed by atoms with Crippen LogP contribution in [0.15, 0.2) is 55.4 Å². The third-order valence-electron chi connectivity index (χ3n) is 7.56. The molecule has 0 spiro atoms. The van der Waals surface area contributed by atoms with E-state index in [0.717, 1.165) is 53.1 Å². The average molecular weight is 774 g/mol. The van der Waals surface area contributed by atoms with Gasteiger partial charge in [0.15, 0.2) is 32.4 Å². The Bertz CT molecular complexity index is 1570. The van der Waals surface area contributed by atoms with Gasteiger partial charge in [-0.25, -0.2) is 26.2 Å². The number of ether oxygens (including phenoxy) is 1. The monoisotopic (exact) mass is 773 g/mol. The molecule has 9 nitrogen and oxygen atoms in total. The summed E-state index contributed by atoms with van der Waals surface area (Å²) in [5.41, 5.74) is -8.34. The summed E-state index contributed by atoms with van der Waals surface area (Å²) in [5.74, 6) is 0. The largest absolute Gasteiger partial charge is 0.480 e. The molecule has 2 aromatic rings. The molecule has 0 aliphatic heterocycles. The molecule has 0 fully saturated rings. The minimum absolute atomic E-state index is 0.363. The zero-order chi connectivity index (χ0) is 38.9.